The normalized spacial score (nSPS) is 10.3. The number of benzene rings is 2. The molecule has 2 aromatic rings. The molecule has 0 aromatic heterocycles. The number of rotatable bonds is 1. The fraction of sp³-hybridized carbons (Fsp3) is 0.0769. The van der Waals surface area contributed by atoms with Crippen molar-refractivity contribution in [2.45, 2.75) is 6.92 Å². The summed E-state index contributed by atoms with van der Waals surface area (Å²) in [5, 5.41) is 10.3. The summed E-state index contributed by atoms with van der Waals surface area (Å²) in [7, 11) is 0. The molecule has 2 aromatic carbocycles. The second-order valence-electron chi connectivity index (χ2n) is 3.51. The molecule has 76 valence electrons. The zero-order chi connectivity index (χ0) is 10.8. The van der Waals surface area contributed by atoms with Crippen LogP contribution in [0, 0.1) is 6.92 Å². The molecular formula is C13H11ClO. The number of hydrogen-bond donors (Lipinski definition) is 1. The van der Waals surface area contributed by atoms with Gasteiger partial charge in [0.2, 0.25) is 0 Å². The van der Waals surface area contributed by atoms with Crippen LogP contribution in [0.3, 0.4) is 0 Å². The first-order chi connectivity index (χ1) is 7.16. The molecule has 0 aliphatic carbocycles. The highest BCUT2D eigenvalue weighted by Crippen LogP contribution is 2.26. The van der Waals surface area contributed by atoms with Crippen LogP contribution < -0.4 is 0 Å². The van der Waals surface area contributed by atoms with E-state index in [9.17, 15) is 5.11 Å². The average Bonchev–Trinajstić information content (AvgIpc) is 2.23. The third-order valence-corrected chi connectivity index (χ3v) is 2.64. The number of aryl methyl sites for hydroxylation is 1. The van der Waals surface area contributed by atoms with Crippen LogP contribution in [0.5, 0.6) is 5.75 Å². The van der Waals surface area contributed by atoms with E-state index in [0.29, 0.717) is 5.75 Å². The van der Waals surface area contributed by atoms with Crippen LogP contribution in [0.4, 0.5) is 0 Å². The Morgan fingerprint density at radius 2 is 1.53 bits per heavy atom. The van der Waals surface area contributed by atoms with Crippen molar-refractivity contribution in [3.8, 4) is 16.9 Å². The molecule has 0 saturated heterocycles. The van der Waals surface area contributed by atoms with Crippen LogP contribution in [-0.4, -0.2) is 5.11 Å². The molecule has 1 nitrogen and oxygen atoms in total. The number of halogens is 1. The molecule has 0 aliphatic rings. The molecule has 2 heteroatoms. The Kier molecular flexibility index (Phi) is 2.65. The summed E-state index contributed by atoms with van der Waals surface area (Å²) in [6.45, 7) is 1.88. The lowest BCUT2D eigenvalue weighted by Crippen LogP contribution is -1.79. The van der Waals surface area contributed by atoms with Gasteiger partial charge >= 0.3 is 0 Å². The summed E-state index contributed by atoms with van der Waals surface area (Å²) in [4.78, 5) is 0. The van der Waals surface area contributed by atoms with Crippen LogP contribution in [-0.2, 0) is 0 Å². The standard InChI is InChI=1S/C13H11ClO/c1-9-2-3-11(8-13(9)15)10-4-6-12(14)7-5-10/h2-8,15H,1H3. The minimum absolute atomic E-state index is 0.322. The van der Waals surface area contributed by atoms with Gasteiger partial charge in [0.1, 0.15) is 5.75 Å². The number of aromatic hydroxyl groups is 1. The van der Waals surface area contributed by atoms with Gasteiger partial charge in [0.05, 0.1) is 0 Å². The van der Waals surface area contributed by atoms with E-state index < -0.39 is 0 Å². The molecule has 0 atom stereocenters. The molecule has 2 rings (SSSR count). The molecular weight excluding hydrogens is 208 g/mol. The van der Waals surface area contributed by atoms with Crippen molar-refractivity contribution in [3.63, 3.8) is 0 Å². The molecule has 0 saturated carbocycles. The third-order valence-electron chi connectivity index (χ3n) is 2.39. The van der Waals surface area contributed by atoms with Gasteiger partial charge in [-0.2, -0.15) is 0 Å². The van der Waals surface area contributed by atoms with Crippen molar-refractivity contribution in [2.24, 2.45) is 0 Å². The van der Waals surface area contributed by atoms with Gasteiger partial charge in [-0.25, -0.2) is 0 Å². The SMILES string of the molecule is Cc1ccc(-c2ccc(Cl)cc2)cc1O. The monoisotopic (exact) mass is 218 g/mol. The van der Waals surface area contributed by atoms with E-state index in [0.717, 1.165) is 21.7 Å². The largest absolute Gasteiger partial charge is 0.508 e. The van der Waals surface area contributed by atoms with Crippen molar-refractivity contribution in [2.75, 3.05) is 0 Å². The Labute approximate surface area is 94.0 Å². The first-order valence-corrected chi connectivity index (χ1v) is 5.10. The molecule has 0 aliphatic heterocycles. The highest BCUT2D eigenvalue weighted by atomic mass is 35.5. The zero-order valence-corrected chi connectivity index (χ0v) is 9.12. The summed E-state index contributed by atoms with van der Waals surface area (Å²) in [5.41, 5.74) is 2.93. The molecule has 0 spiro atoms. The van der Waals surface area contributed by atoms with Gasteiger partial charge in [0.25, 0.3) is 0 Å². The van der Waals surface area contributed by atoms with Crippen molar-refractivity contribution in [1.82, 2.24) is 0 Å². The average molecular weight is 219 g/mol. The Balaban J connectivity index is 2.45. The predicted molar refractivity (Wildman–Crippen MR) is 63.3 cm³/mol. The van der Waals surface area contributed by atoms with Gasteiger partial charge < -0.3 is 5.11 Å². The smallest absolute Gasteiger partial charge is 0.119 e. The number of phenols is 1. The molecule has 0 amide bonds. The van der Waals surface area contributed by atoms with E-state index in [1.165, 1.54) is 0 Å². The van der Waals surface area contributed by atoms with Gasteiger partial charge in [0, 0.05) is 5.02 Å². The first kappa shape index (κ1) is 10.1. The highest BCUT2D eigenvalue weighted by molar-refractivity contribution is 6.30. The Hall–Kier alpha value is -1.47. The lowest BCUT2D eigenvalue weighted by Gasteiger charge is -2.04. The van der Waals surface area contributed by atoms with Crippen LogP contribution in [0.25, 0.3) is 11.1 Å². The summed E-state index contributed by atoms with van der Waals surface area (Å²) < 4.78 is 0. The molecule has 0 bridgehead atoms. The lowest BCUT2D eigenvalue weighted by molar-refractivity contribution is 0.471. The maximum atomic E-state index is 9.59. The van der Waals surface area contributed by atoms with E-state index in [-0.39, 0.29) is 0 Å². The van der Waals surface area contributed by atoms with Gasteiger partial charge in [-0.15, -0.1) is 0 Å². The van der Waals surface area contributed by atoms with Crippen LogP contribution in [0.15, 0.2) is 42.5 Å². The summed E-state index contributed by atoms with van der Waals surface area (Å²) >= 11 is 5.81. The van der Waals surface area contributed by atoms with Crippen LogP contribution in [0.1, 0.15) is 5.56 Å². The van der Waals surface area contributed by atoms with Crippen molar-refractivity contribution < 1.29 is 5.11 Å². The summed E-state index contributed by atoms with van der Waals surface area (Å²) in [5.74, 6) is 0.322. The Morgan fingerprint density at radius 3 is 2.13 bits per heavy atom. The van der Waals surface area contributed by atoms with Gasteiger partial charge in [0.15, 0.2) is 0 Å². The van der Waals surface area contributed by atoms with Crippen molar-refractivity contribution in [3.05, 3.63) is 53.1 Å². The fourth-order valence-electron chi connectivity index (χ4n) is 1.43. The molecule has 15 heavy (non-hydrogen) atoms. The maximum absolute atomic E-state index is 9.59. The lowest BCUT2D eigenvalue weighted by atomic mass is 10.0. The molecule has 0 radical (unpaired) electrons. The topological polar surface area (TPSA) is 20.2 Å². The predicted octanol–water partition coefficient (Wildman–Crippen LogP) is 4.02. The van der Waals surface area contributed by atoms with E-state index in [1.807, 2.05) is 43.3 Å². The van der Waals surface area contributed by atoms with E-state index >= 15 is 0 Å². The van der Waals surface area contributed by atoms with Crippen LogP contribution >= 0.6 is 11.6 Å². The number of phenolic OH excluding ortho intramolecular Hbond substituents is 1. The fourth-order valence-corrected chi connectivity index (χ4v) is 1.56. The van der Waals surface area contributed by atoms with Crippen molar-refractivity contribution >= 4 is 11.6 Å². The third kappa shape index (κ3) is 2.13. The quantitative estimate of drug-likeness (QED) is 0.767. The zero-order valence-electron chi connectivity index (χ0n) is 8.37. The highest BCUT2D eigenvalue weighted by Gasteiger charge is 2.00. The Morgan fingerprint density at radius 1 is 0.933 bits per heavy atom. The van der Waals surface area contributed by atoms with Crippen LogP contribution in [0.2, 0.25) is 5.02 Å². The first-order valence-electron chi connectivity index (χ1n) is 4.72. The molecule has 1 N–H and O–H groups in total. The number of hydrogen-bond acceptors (Lipinski definition) is 1. The van der Waals surface area contributed by atoms with E-state index in [4.69, 9.17) is 11.6 Å². The maximum Gasteiger partial charge on any atom is 0.119 e. The van der Waals surface area contributed by atoms with Gasteiger partial charge in [-0.3, -0.25) is 0 Å². The van der Waals surface area contributed by atoms with E-state index in [2.05, 4.69) is 0 Å². The van der Waals surface area contributed by atoms with Gasteiger partial charge in [-0.05, 0) is 41.8 Å². The minimum atomic E-state index is 0.322. The summed E-state index contributed by atoms with van der Waals surface area (Å²) in [6.07, 6.45) is 0. The molecule has 0 heterocycles. The Bertz CT molecular complexity index is 474. The van der Waals surface area contributed by atoms with Crippen molar-refractivity contribution in [1.29, 1.82) is 0 Å². The minimum Gasteiger partial charge on any atom is -0.508 e. The molecule has 0 fully saturated rings. The second kappa shape index (κ2) is 3.95. The van der Waals surface area contributed by atoms with Gasteiger partial charge in [-0.1, -0.05) is 35.9 Å². The van der Waals surface area contributed by atoms with E-state index in [1.54, 1.807) is 6.07 Å². The second-order valence-corrected chi connectivity index (χ2v) is 3.94. The summed E-state index contributed by atoms with van der Waals surface area (Å²) in [6, 6.07) is 13.2. The molecule has 0 unspecified atom stereocenters.